The van der Waals surface area contributed by atoms with Gasteiger partial charge >= 0.3 is 12.2 Å². The first-order valence-corrected chi connectivity index (χ1v) is 10.9. The largest absolute Gasteiger partial charge is 0.481 e. The van der Waals surface area contributed by atoms with Crippen LogP contribution in [0.1, 0.15) is 18.4 Å². The van der Waals surface area contributed by atoms with E-state index in [1.54, 1.807) is 18.1 Å². The number of urea groups is 1. The molecule has 3 aromatic rings. The smallest absolute Gasteiger partial charge is 0.416 e. The highest BCUT2D eigenvalue weighted by Gasteiger charge is 2.32. The predicted molar refractivity (Wildman–Crippen MR) is 125 cm³/mol. The Morgan fingerprint density at radius 3 is 2.43 bits per heavy atom. The summed E-state index contributed by atoms with van der Waals surface area (Å²) in [5.41, 5.74) is 1.67. The third-order valence-corrected chi connectivity index (χ3v) is 5.62. The Morgan fingerprint density at radius 2 is 1.77 bits per heavy atom. The van der Waals surface area contributed by atoms with Crippen LogP contribution in [0, 0.1) is 0 Å². The van der Waals surface area contributed by atoms with Gasteiger partial charge in [0.25, 0.3) is 0 Å². The number of methoxy groups -OCH3 is 1. The van der Waals surface area contributed by atoms with Crippen LogP contribution in [0.15, 0.2) is 66.7 Å². The Balaban J connectivity index is 1.39. The quantitative estimate of drug-likeness (QED) is 0.528. The summed E-state index contributed by atoms with van der Waals surface area (Å²) in [6.45, 7) is 0.508. The van der Waals surface area contributed by atoms with Gasteiger partial charge in [-0.25, -0.2) is 9.78 Å². The van der Waals surface area contributed by atoms with Crippen LogP contribution in [-0.2, 0) is 11.0 Å². The minimum atomic E-state index is -4.46. The van der Waals surface area contributed by atoms with Crippen LogP contribution in [-0.4, -0.2) is 36.6 Å². The van der Waals surface area contributed by atoms with Gasteiger partial charge in [-0.05, 0) is 55.3 Å². The number of alkyl halides is 3. The molecule has 1 atom stereocenters. The van der Waals surface area contributed by atoms with Gasteiger partial charge in [0.1, 0.15) is 6.04 Å². The molecular weight excluding hydrogens is 461 g/mol. The average Bonchev–Trinajstić information content (AvgIpc) is 2.85. The lowest BCUT2D eigenvalue weighted by Crippen LogP contribution is -2.53. The van der Waals surface area contributed by atoms with E-state index in [2.05, 4.69) is 15.6 Å². The predicted octanol–water partition coefficient (Wildman–Crippen LogP) is 5.09. The van der Waals surface area contributed by atoms with Gasteiger partial charge in [0, 0.05) is 29.5 Å². The molecule has 1 aliphatic rings. The van der Waals surface area contributed by atoms with Gasteiger partial charge in [-0.2, -0.15) is 13.2 Å². The number of nitrogens with one attached hydrogen (secondary N) is 2. The molecule has 182 valence electrons. The Kier molecular flexibility index (Phi) is 6.90. The number of aromatic nitrogens is 1. The van der Waals surface area contributed by atoms with Gasteiger partial charge in [0.2, 0.25) is 11.8 Å². The SMILES string of the molecule is COc1cccc(-c2ccc(N3CCC[C@@H](NC(=O)Nc4ccc(C(F)(F)F)cc4)C3=O)cc2)n1. The molecular formula is C25H23F3N4O3. The number of pyridine rings is 1. The molecule has 1 aromatic heterocycles. The van der Waals surface area contributed by atoms with Crippen LogP contribution < -0.4 is 20.3 Å². The maximum Gasteiger partial charge on any atom is 0.416 e. The maximum atomic E-state index is 13.0. The summed E-state index contributed by atoms with van der Waals surface area (Å²) < 4.78 is 43.3. The number of piperidine rings is 1. The standard InChI is InChI=1S/C25H23F3N4O3/c1-35-22-6-2-4-20(30-22)16-7-13-19(14-8-16)32-15-3-5-21(23(32)33)31-24(34)29-18-11-9-17(10-12-18)25(26,27)28/h2,4,6-14,21H,3,5,15H2,1H3,(H2,29,31,34)/t21-/m1/s1. The molecule has 1 aliphatic heterocycles. The van der Waals surface area contributed by atoms with Crippen molar-refractivity contribution >= 4 is 23.3 Å². The highest BCUT2D eigenvalue weighted by Crippen LogP contribution is 2.30. The Hall–Kier alpha value is -4.08. The fourth-order valence-corrected chi connectivity index (χ4v) is 3.83. The molecule has 0 bridgehead atoms. The van der Waals surface area contributed by atoms with Crippen molar-refractivity contribution in [2.75, 3.05) is 23.9 Å². The molecule has 0 radical (unpaired) electrons. The average molecular weight is 484 g/mol. The first-order chi connectivity index (χ1) is 16.7. The second-order valence-electron chi connectivity index (χ2n) is 7.97. The van der Waals surface area contributed by atoms with Crippen LogP contribution >= 0.6 is 0 Å². The molecule has 4 rings (SSSR count). The summed E-state index contributed by atoms with van der Waals surface area (Å²) in [4.78, 5) is 31.4. The van der Waals surface area contributed by atoms with E-state index in [-0.39, 0.29) is 11.6 Å². The monoisotopic (exact) mass is 484 g/mol. The van der Waals surface area contributed by atoms with Crippen molar-refractivity contribution in [3.8, 4) is 17.1 Å². The summed E-state index contributed by atoms with van der Waals surface area (Å²) in [6.07, 6.45) is -3.32. The Bertz CT molecular complexity index is 1200. The van der Waals surface area contributed by atoms with Crippen LogP contribution in [0.2, 0.25) is 0 Å². The molecule has 0 unspecified atom stereocenters. The number of nitrogens with zero attached hydrogens (tertiary/aromatic N) is 2. The lowest BCUT2D eigenvalue weighted by molar-refractivity contribution is -0.137. The Labute approximate surface area is 199 Å². The molecule has 0 aliphatic carbocycles. The summed E-state index contributed by atoms with van der Waals surface area (Å²) >= 11 is 0. The lowest BCUT2D eigenvalue weighted by atomic mass is 10.0. The van der Waals surface area contributed by atoms with E-state index in [4.69, 9.17) is 4.74 Å². The minimum absolute atomic E-state index is 0.192. The summed E-state index contributed by atoms with van der Waals surface area (Å²) in [7, 11) is 1.55. The van der Waals surface area contributed by atoms with E-state index in [9.17, 15) is 22.8 Å². The first kappa shape index (κ1) is 24.1. The zero-order valence-corrected chi connectivity index (χ0v) is 18.8. The minimum Gasteiger partial charge on any atom is -0.481 e. The summed E-state index contributed by atoms with van der Waals surface area (Å²) in [6, 6.07) is 15.5. The molecule has 7 nitrogen and oxygen atoms in total. The zero-order valence-electron chi connectivity index (χ0n) is 18.8. The number of anilines is 2. The molecule has 10 heteroatoms. The third-order valence-electron chi connectivity index (χ3n) is 5.62. The number of ether oxygens (including phenoxy) is 1. The first-order valence-electron chi connectivity index (χ1n) is 10.9. The van der Waals surface area contributed by atoms with E-state index in [0.29, 0.717) is 31.0 Å². The van der Waals surface area contributed by atoms with Crippen LogP contribution in [0.4, 0.5) is 29.3 Å². The van der Waals surface area contributed by atoms with Crippen molar-refractivity contribution in [1.29, 1.82) is 0 Å². The van der Waals surface area contributed by atoms with Gasteiger partial charge in [0.05, 0.1) is 18.4 Å². The number of benzene rings is 2. The molecule has 0 saturated carbocycles. The van der Waals surface area contributed by atoms with E-state index < -0.39 is 23.8 Å². The lowest BCUT2D eigenvalue weighted by Gasteiger charge is -2.32. The van der Waals surface area contributed by atoms with Gasteiger partial charge in [-0.1, -0.05) is 18.2 Å². The van der Waals surface area contributed by atoms with E-state index in [0.717, 1.165) is 35.5 Å². The Morgan fingerprint density at radius 1 is 1.06 bits per heavy atom. The highest BCUT2D eigenvalue weighted by atomic mass is 19.4. The molecule has 1 fully saturated rings. The van der Waals surface area contributed by atoms with Crippen LogP contribution in [0.3, 0.4) is 0 Å². The zero-order chi connectivity index (χ0) is 25.0. The fraction of sp³-hybridized carbons (Fsp3) is 0.240. The van der Waals surface area contributed by atoms with Gasteiger partial charge in [-0.3, -0.25) is 4.79 Å². The van der Waals surface area contributed by atoms with E-state index in [1.807, 2.05) is 36.4 Å². The second-order valence-corrected chi connectivity index (χ2v) is 7.97. The fourth-order valence-electron chi connectivity index (χ4n) is 3.83. The maximum absolute atomic E-state index is 13.0. The van der Waals surface area contributed by atoms with Crippen LogP contribution in [0.5, 0.6) is 5.88 Å². The summed E-state index contributed by atoms with van der Waals surface area (Å²) in [5.74, 6) is 0.243. The molecule has 2 aromatic carbocycles. The number of halogens is 3. The number of hydrogen-bond acceptors (Lipinski definition) is 4. The van der Waals surface area contributed by atoms with Crippen molar-refractivity contribution in [1.82, 2.24) is 10.3 Å². The van der Waals surface area contributed by atoms with Crippen molar-refractivity contribution in [2.45, 2.75) is 25.1 Å². The number of carbonyl (C=O) groups is 2. The number of hydrogen-bond donors (Lipinski definition) is 2. The van der Waals surface area contributed by atoms with Gasteiger partial charge < -0.3 is 20.3 Å². The van der Waals surface area contributed by atoms with E-state index in [1.165, 1.54) is 0 Å². The molecule has 1 saturated heterocycles. The third kappa shape index (κ3) is 5.71. The second kappa shape index (κ2) is 10.0. The molecule has 2 N–H and O–H groups in total. The van der Waals surface area contributed by atoms with Crippen LogP contribution in [0.25, 0.3) is 11.3 Å². The molecule has 35 heavy (non-hydrogen) atoms. The molecule has 3 amide bonds. The van der Waals surface area contributed by atoms with Crippen molar-refractivity contribution in [3.05, 3.63) is 72.3 Å². The number of carbonyl (C=O) groups excluding carboxylic acids is 2. The topological polar surface area (TPSA) is 83.6 Å². The van der Waals surface area contributed by atoms with Gasteiger partial charge in [-0.15, -0.1) is 0 Å². The number of amides is 3. The normalized spacial score (nSPS) is 16.1. The van der Waals surface area contributed by atoms with Crippen molar-refractivity contribution in [2.24, 2.45) is 0 Å². The van der Waals surface area contributed by atoms with Gasteiger partial charge in [0.15, 0.2) is 0 Å². The van der Waals surface area contributed by atoms with E-state index >= 15 is 0 Å². The number of rotatable bonds is 5. The molecule has 0 spiro atoms. The summed E-state index contributed by atoms with van der Waals surface area (Å²) in [5, 5.41) is 5.10. The van der Waals surface area contributed by atoms with Crippen molar-refractivity contribution in [3.63, 3.8) is 0 Å². The molecule has 2 heterocycles. The van der Waals surface area contributed by atoms with Crippen molar-refractivity contribution < 1.29 is 27.5 Å². The highest BCUT2D eigenvalue weighted by molar-refractivity contribution is 6.01.